The topological polar surface area (TPSA) is 26.3 Å². The number of hydrogen-bond donors (Lipinski definition) is 0. The van der Waals surface area contributed by atoms with Crippen LogP contribution in [0, 0.1) is 11.8 Å². The molecule has 2 unspecified atom stereocenters. The van der Waals surface area contributed by atoms with Crippen LogP contribution in [0.3, 0.4) is 0 Å². The fraction of sp³-hybridized carbons (Fsp3) is 0.833. The smallest absolute Gasteiger partial charge is 0.313 e. The van der Waals surface area contributed by atoms with Gasteiger partial charge in [0.2, 0.25) is 0 Å². The highest BCUT2D eigenvalue weighted by Crippen LogP contribution is 2.47. The summed E-state index contributed by atoms with van der Waals surface area (Å²) >= 11 is 0. The maximum Gasteiger partial charge on any atom is 0.313 e. The van der Waals surface area contributed by atoms with Crippen LogP contribution < -0.4 is 0 Å². The molecule has 0 aromatic heterocycles. The molecule has 0 rings (SSSR count). The van der Waals surface area contributed by atoms with Crippen LogP contribution in [0.1, 0.15) is 20.8 Å². The second-order valence-corrected chi connectivity index (χ2v) is 4.66. The van der Waals surface area contributed by atoms with Crippen molar-refractivity contribution in [3.63, 3.8) is 0 Å². The first-order valence-corrected chi connectivity index (χ1v) is 6.14. The summed E-state index contributed by atoms with van der Waals surface area (Å²) in [5.74, 6) is -0.484. The van der Waals surface area contributed by atoms with Crippen molar-refractivity contribution in [2.24, 2.45) is 11.8 Å². The molecule has 3 atom stereocenters. The molecule has 0 aliphatic carbocycles. The molecule has 0 saturated heterocycles. The number of carbonyl (C=O) groups is 1. The van der Waals surface area contributed by atoms with E-state index in [0.717, 1.165) is 0 Å². The number of carbonyl (C=O) groups excluding carboxylic acids is 1. The highest BCUT2D eigenvalue weighted by atomic mass is 32.0. The first-order valence-electron chi connectivity index (χ1n) is 3.37. The Morgan fingerprint density at radius 3 is 2.27 bits per heavy atom. The van der Waals surface area contributed by atoms with Gasteiger partial charge in [0.25, 0.3) is 8.15 Å². The van der Waals surface area contributed by atoms with E-state index in [0.29, 0.717) is 0 Å². The highest BCUT2D eigenvalue weighted by Gasteiger charge is 2.20. The van der Waals surface area contributed by atoms with Crippen molar-refractivity contribution in [3.8, 4) is 0 Å². The van der Waals surface area contributed by atoms with E-state index >= 15 is 0 Å². The lowest BCUT2D eigenvalue weighted by Gasteiger charge is -2.13. The number of rotatable bonds is 3. The molecule has 0 N–H and O–H groups in total. The molecule has 0 bridgehead atoms. The van der Waals surface area contributed by atoms with Gasteiger partial charge in [0, 0.05) is 0 Å². The third kappa shape index (κ3) is 4.66. The van der Waals surface area contributed by atoms with Gasteiger partial charge < -0.3 is 4.52 Å². The summed E-state index contributed by atoms with van der Waals surface area (Å²) in [6.45, 7) is 5.53. The Bertz CT molecular complexity index is 139. The van der Waals surface area contributed by atoms with E-state index in [1.54, 1.807) is 6.92 Å². The van der Waals surface area contributed by atoms with E-state index in [1.165, 1.54) is 0 Å². The van der Waals surface area contributed by atoms with Gasteiger partial charge >= 0.3 is 5.97 Å². The van der Waals surface area contributed by atoms with Gasteiger partial charge in [-0.15, -0.1) is 0 Å². The molecule has 0 aromatic carbocycles. The highest BCUT2D eigenvalue weighted by molar-refractivity contribution is 8.08. The largest absolute Gasteiger partial charge is 0.409 e. The summed E-state index contributed by atoms with van der Waals surface area (Å²) in [6, 6.07) is 0. The minimum atomic E-state index is -2.13. The maximum absolute atomic E-state index is 12.2. The van der Waals surface area contributed by atoms with Crippen molar-refractivity contribution in [1.82, 2.24) is 0 Å². The fourth-order valence-corrected chi connectivity index (χ4v) is 1.09. The summed E-state index contributed by atoms with van der Waals surface area (Å²) in [5, 5.41) is 0. The molecule has 0 saturated carbocycles. The monoisotopic (exact) mass is 198 g/mol. The average Bonchev–Trinajstić information content (AvgIpc) is 1.84. The molecule has 0 spiro atoms. The van der Waals surface area contributed by atoms with E-state index in [4.69, 9.17) is 0 Å². The van der Waals surface area contributed by atoms with Gasteiger partial charge in [-0.3, -0.25) is 4.79 Å². The van der Waals surface area contributed by atoms with Crippen molar-refractivity contribution in [2.45, 2.75) is 20.8 Å². The van der Waals surface area contributed by atoms with Gasteiger partial charge in [0.15, 0.2) is 0 Å². The first-order chi connectivity index (χ1) is 4.95. The summed E-state index contributed by atoms with van der Waals surface area (Å²) in [6.07, 6.45) is 0. The molecular weight excluding hydrogens is 185 g/mol. The zero-order valence-electron chi connectivity index (χ0n) is 6.87. The van der Waals surface area contributed by atoms with Crippen molar-refractivity contribution in [3.05, 3.63) is 0 Å². The first kappa shape index (κ1) is 11.3. The van der Waals surface area contributed by atoms with Gasteiger partial charge in [-0.25, -0.2) is 0 Å². The third-order valence-corrected chi connectivity index (χ3v) is 2.22. The van der Waals surface area contributed by atoms with Gasteiger partial charge in [-0.05, 0) is 14.8 Å². The summed E-state index contributed by atoms with van der Waals surface area (Å²) in [5.41, 5.74) is 0. The molecule has 2 nitrogen and oxygen atoms in total. The normalized spacial score (nSPS) is 16.2. The predicted octanol–water partition coefficient (Wildman–Crippen LogP) is 2.89. The molecule has 0 fully saturated rings. The Balaban J connectivity index is 3.83. The molecule has 0 aliphatic rings. The summed E-state index contributed by atoms with van der Waals surface area (Å²) in [7, 11) is -0.295. The van der Waals surface area contributed by atoms with Crippen molar-refractivity contribution in [2.75, 3.05) is 0 Å². The van der Waals surface area contributed by atoms with Crippen molar-refractivity contribution >= 4 is 23.0 Å². The van der Waals surface area contributed by atoms with E-state index in [9.17, 15) is 8.99 Å². The van der Waals surface area contributed by atoms with E-state index in [2.05, 4.69) is 4.52 Å². The molecule has 0 heterocycles. The van der Waals surface area contributed by atoms with Gasteiger partial charge in [0.1, 0.15) is 0 Å². The average molecular weight is 198 g/mol. The van der Waals surface area contributed by atoms with Crippen LogP contribution in [0.15, 0.2) is 0 Å². The second kappa shape index (κ2) is 5.00. The lowest BCUT2D eigenvalue weighted by atomic mass is 9.99. The van der Waals surface area contributed by atoms with Crippen LogP contribution in [0.5, 0.6) is 0 Å². The minimum Gasteiger partial charge on any atom is -0.409 e. The van der Waals surface area contributed by atoms with E-state index in [1.807, 2.05) is 22.8 Å². The molecule has 0 aliphatic heterocycles. The summed E-state index contributed by atoms with van der Waals surface area (Å²) in [4.78, 5) is 10.9. The quantitative estimate of drug-likeness (QED) is 0.651. The van der Waals surface area contributed by atoms with E-state index < -0.39 is 14.1 Å². The molecule has 66 valence electrons. The third-order valence-electron chi connectivity index (χ3n) is 1.55. The minimum absolute atomic E-state index is 0.197. The van der Waals surface area contributed by atoms with Gasteiger partial charge in [-0.1, -0.05) is 20.8 Å². The Kier molecular flexibility index (Phi) is 5.12. The standard InChI is InChI=1S/C6H13FO2P2/c1-4(2)5(3)6(8)9-11(7)10/h4-5H,10H2,1-3H3/t5-,11?/m1/s1. The van der Waals surface area contributed by atoms with Crippen LogP contribution in [0.25, 0.3) is 0 Å². The number of hydrogen-bond acceptors (Lipinski definition) is 2. The second-order valence-electron chi connectivity index (χ2n) is 2.72. The van der Waals surface area contributed by atoms with E-state index in [-0.39, 0.29) is 11.8 Å². The van der Waals surface area contributed by atoms with Crippen LogP contribution >= 0.6 is 17.1 Å². The molecule has 0 radical (unpaired) electrons. The van der Waals surface area contributed by atoms with Crippen LogP contribution in [0.4, 0.5) is 4.20 Å². The molecule has 0 aromatic rings. The Hall–Kier alpha value is 0.260. The summed E-state index contributed by atoms with van der Waals surface area (Å²) < 4.78 is 16.6. The Morgan fingerprint density at radius 1 is 1.55 bits per heavy atom. The number of halogens is 1. The lowest BCUT2D eigenvalue weighted by Crippen LogP contribution is -2.16. The molecule has 11 heavy (non-hydrogen) atoms. The Labute approximate surface area is 69.9 Å². The zero-order valence-corrected chi connectivity index (χ0v) is 8.92. The molecule has 5 heteroatoms. The SMILES string of the molecule is CC(C)[C@@H](C)C(=O)OP(F)P. The van der Waals surface area contributed by atoms with Crippen molar-refractivity contribution in [1.29, 1.82) is 0 Å². The van der Waals surface area contributed by atoms with Gasteiger partial charge in [0.05, 0.1) is 5.92 Å². The predicted molar refractivity (Wildman–Crippen MR) is 47.8 cm³/mol. The van der Waals surface area contributed by atoms with Crippen LogP contribution in [-0.4, -0.2) is 5.97 Å². The zero-order chi connectivity index (χ0) is 9.02. The maximum atomic E-state index is 12.2. The molecule has 0 amide bonds. The van der Waals surface area contributed by atoms with Gasteiger partial charge in [-0.2, -0.15) is 4.20 Å². The fourth-order valence-electron chi connectivity index (χ4n) is 0.441. The Morgan fingerprint density at radius 2 is 2.00 bits per heavy atom. The van der Waals surface area contributed by atoms with Crippen LogP contribution in [0.2, 0.25) is 0 Å². The molecular formula is C6H13FO2P2. The van der Waals surface area contributed by atoms with Crippen molar-refractivity contribution < 1.29 is 13.5 Å². The lowest BCUT2D eigenvalue weighted by molar-refractivity contribution is -0.139. The van der Waals surface area contributed by atoms with Crippen LogP contribution in [-0.2, 0) is 9.32 Å².